The summed E-state index contributed by atoms with van der Waals surface area (Å²) >= 11 is 6.00. The number of aromatic nitrogens is 1. The topological polar surface area (TPSA) is 87.0 Å². The van der Waals surface area contributed by atoms with Gasteiger partial charge in [-0.25, -0.2) is 4.79 Å². The molecule has 170 valence electrons. The van der Waals surface area contributed by atoms with Crippen LogP contribution in [-0.4, -0.2) is 41.6 Å². The number of aliphatic carboxylic acids is 1. The van der Waals surface area contributed by atoms with E-state index in [9.17, 15) is 23.5 Å². The highest BCUT2D eigenvalue weighted by atomic mass is 35.5. The molecule has 0 aliphatic heterocycles. The van der Waals surface area contributed by atoms with Gasteiger partial charge in [-0.1, -0.05) is 11.6 Å². The lowest BCUT2D eigenvalue weighted by atomic mass is 10.0. The minimum atomic E-state index is -3.09. The molecule has 31 heavy (non-hydrogen) atoms. The molecule has 1 aromatic carbocycles. The lowest BCUT2D eigenvalue weighted by Crippen LogP contribution is -2.31. The fourth-order valence-corrected chi connectivity index (χ4v) is 3.09. The zero-order valence-electron chi connectivity index (χ0n) is 17.5. The first kappa shape index (κ1) is 24.6. The van der Waals surface area contributed by atoms with Crippen molar-refractivity contribution in [3.8, 4) is 22.6 Å². The Morgan fingerprint density at radius 1 is 1.19 bits per heavy atom. The van der Waals surface area contributed by atoms with Crippen molar-refractivity contribution in [2.24, 2.45) is 0 Å². The van der Waals surface area contributed by atoms with E-state index in [2.05, 4.69) is 4.74 Å². The second kappa shape index (κ2) is 10.1. The predicted molar refractivity (Wildman–Crippen MR) is 111 cm³/mol. The molecule has 1 aromatic heterocycles. The van der Waals surface area contributed by atoms with Crippen molar-refractivity contribution in [3.05, 3.63) is 45.8 Å². The number of hydrogen-bond donors (Lipinski definition) is 1. The predicted octanol–water partition coefficient (Wildman–Crippen LogP) is 4.61. The van der Waals surface area contributed by atoms with Crippen LogP contribution in [0.4, 0.5) is 8.78 Å². The summed E-state index contributed by atoms with van der Waals surface area (Å²) < 4.78 is 42.0. The Morgan fingerprint density at radius 2 is 1.84 bits per heavy atom. The number of hydrogen-bond acceptors (Lipinski definition) is 5. The number of carboxylic acids is 1. The number of nitrogens with zero attached hydrogens (tertiary/aromatic N) is 1. The second-order valence-electron chi connectivity index (χ2n) is 7.62. The molecule has 0 fully saturated rings. The molecule has 0 spiro atoms. The number of pyridine rings is 1. The summed E-state index contributed by atoms with van der Waals surface area (Å²) in [7, 11) is 1.31. The molecule has 0 amide bonds. The Kier molecular flexibility index (Phi) is 8.02. The molecule has 7 nitrogen and oxygen atoms in total. The molecule has 1 unspecified atom stereocenters. The lowest BCUT2D eigenvalue weighted by molar-refractivity contribution is -0.142. The first-order chi connectivity index (χ1) is 14.4. The quantitative estimate of drug-likeness (QED) is 0.589. The monoisotopic (exact) mass is 459 g/mol. The van der Waals surface area contributed by atoms with Crippen LogP contribution in [0.2, 0.25) is 5.02 Å². The first-order valence-corrected chi connectivity index (χ1v) is 9.72. The second-order valence-corrected chi connectivity index (χ2v) is 8.06. The normalized spacial score (nSPS) is 12.6. The number of methoxy groups -OCH3 is 1. The molecule has 0 aliphatic rings. The summed E-state index contributed by atoms with van der Waals surface area (Å²) in [4.78, 5) is 24.6. The van der Waals surface area contributed by atoms with Gasteiger partial charge in [0.25, 0.3) is 5.56 Å². The van der Waals surface area contributed by atoms with Crippen LogP contribution in [0.25, 0.3) is 11.1 Å². The number of carbonyl (C=O) groups is 1. The molecule has 1 atom stereocenters. The molecule has 2 aromatic rings. The van der Waals surface area contributed by atoms with E-state index in [0.29, 0.717) is 0 Å². The van der Waals surface area contributed by atoms with Gasteiger partial charge < -0.3 is 19.3 Å². The van der Waals surface area contributed by atoms with Gasteiger partial charge in [0.05, 0.1) is 18.9 Å². The van der Waals surface area contributed by atoms with Crippen molar-refractivity contribution < 1.29 is 32.9 Å². The standard InChI is InChI=1S/C21H24ClF2NO6/c1-21(2,3)30-8-7-15(19(27)28)25-11-17(29-4)14(10-18(25)26)13-9-12(22)5-6-16(13)31-20(23)24/h5-6,9-11,15,20H,7-8H2,1-4H3,(H,27,28). The average molecular weight is 460 g/mol. The highest BCUT2D eigenvalue weighted by Gasteiger charge is 2.25. The van der Waals surface area contributed by atoms with Crippen molar-refractivity contribution in [1.82, 2.24) is 4.57 Å². The Morgan fingerprint density at radius 3 is 2.39 bits per heavy atom. The Bertz CT molecular complexity index is 987. The van der Waals surface area contributed by atoms with E-state index < -0.39 is 29.8 Å². The van der Waals surface area contributed by atoms with Crippen LogP contribution in [0, 0.1) is 0 Å². The molecule has 0 saturated carbocycles. The van der Waals surface area contributed by atoms with Gasteiger partial charge in [-0.15, -0.1) is 0 Å². The minimum absolute atomic E-state index is 0.0337. The number of carboxylic acid groups (broad SMARTS) is 1. The Balaban J connectivity index is 2.52. The summed E-state index contributed by atoms with van der Waals surface area (Å²) in [5.41, 5.74) is -0.890. The number of rotatable bonds is 9. The molecule has 1 N–H and O–H groups in total. The van der Waals surface area contributed by atoms with Gasteiger partial charge >= 0.3 is 12.6 Å². The van der Waals surface area contributed by atoms with Gasteiger partial charge in [-0.2, -0.15) is 8.78 Å². The van der Waals surface area contributed by atoms with Crippen LogP contribution in [0.5, 0.6) is 11.5 Å². The van der Waals surface area contributed by atoms with Crippen LogP contribution in [0.3, 0.4) is 0 Å². The van der Waals surface area contributed by atoms with Gasteiger partial charge in [0.15, 0.2) is 0 Å². The fourth-order valence-electron chi connectivity index (χ4n) is 2.92. The smallest absolute Gasteiger partial charge is 0.387 e. The summed E-state index contributed by atoms with van der Waals surface area (Å²) in [5, 5.41) is 9.86. The van der Waals surface area contributed by atoms with Crippen LogP contribution in [-0.2, 0) is 9.53 Å². The van der Waals surface area contributed by atoms with Crippen molar-refractivity contribution in [2.75, 3.05) is 13.7 Å². The van der Waals surface area contributed by atoms with E-state index in [1.807, 2.05) is 20.8 Å². The van der Waals surface area contributed by atoms with Crippen LogP contribution in [0.15, 0.2) is 35.3 Å². The summed E-state index contributed by atoms with van der Waals surface area (Å²) in [6.07, 6.45) is 1.26. The number of benzene rings is 1. The number of halogens is 3. The van der Waals surface area contributed by atoms with E-state index in [4.69, 9.17) is 21.1 Å². The maximum atomic E-state index is 12.8. The van der Waals surface area contributed by atoms with Crippen molar-refractivity contribution >= 4 is 17.6 Å². The molecule has 10 heteroatoms. The SMILES string of the molecule is COc1cn(C(CCOC(C)(C)C)C(=O)O)c(=O)cc1-c1cc(Cl)ccc1OC(F)F. The maximum absolute atomic E-state index is 12.8. The van der Waals surface area contributed by atoms with Crippen LogP contribution < -0.4 is 15.0 Å². The molecule has 0 saturated heterocycles. The van der Waals surface area contributed by atoms with E-state index in [0.717, 1.165) is 10.6 Å². The summed E-state index contributed by atoms with van der Waals surface area (Å²) in [6, 6.07) is 3.86. The summed E-state index contributed by atoms with van der Waals surface area (Å²) in [6.45, 7) is 2.51. The first-order valence-electron chi connectivity index (χ1n) is 9.34. The minimum Gasteiger partial charge on any atom is -0.495 e. The maximum Gasteiger partial charge on any atom is 0.387 e. The van der Waals surface area contributed by atoms with Gasteiger partial charge in [0.2, 0.25) is 0 Å². The van der Waals surface area contributed by atoms with E-state index in [1.54, 1.807) is 0 Å². The van der Waals surface area contributed by atoms with Crippen LogP contribution >= 0.6 is 11.6 Å². The number of alkyl halides is 2. The third-order valence-corrected chi connectivity index (χ3v) is 4.49. The van der Waals surface area contributed by atoms with Gasteiger partial charge in [0.1, 0.15) is 17.5 Å². The number of ether oxygens (including phenoxy) is 3. The molecule has 2 rings (SSSR count). The lowest BCUT2D eigenvalue weighted by Gasteiger charge is -2.22. The van der Waals surface area contributed by atoms with E-state index in [-0.39, 0.29) is 40.7 Å². The van der Waals surface area contributed by atoms with Crippen molar-refractivity contribution in [3.63, 3.8) is 0 Å². The highest BCUT2D eigenvalue weighted by molar-refractivity contribution is 6.31. The van der Waals surface area contributed by atoms with Gasteiger partial charge in [0, 0.05) is 35.2 Å². The largest absolute Gasteiger partial charge is 0.495 e. The zero-order chi connectivity index (χ0) is 23.3. The molecule has 0 bridgehead atoms. The van der Waals surface area contributed by atoms with Gasteiger partial charge in [-0.05, 0) is 39.0 Å². The highest BCUT2D eigenvalue weighted by Crippen LogP contribution is 2.38. The zero-order valence-corrected chi connectivity index (χ0v) is 18.3. The Hall–Kier alpha value is -2.65. The van der Waals surface area contributed by atoms with E-state index in [1.165, 1.54) is 31.5 Å². The molecular weight excluding hydrogens is 436 g/mol. The molecule has 0 radical (unpaired) electrons. The fraction of sp³-hybridized carbons (Fsp3) is 0.429. The third kappa shape index (κ3) is 6.67. The van der Waals surface area contributed by atoms with Gasteiger partial charge in [-0.3, -0.25) is 9.36 Å². The van der Waals surface area contributed by atoms with E-state index >= 15 is 0 Å². The summed E-state index contributed by atoms with van der Waals surface area (Å²) in [5.74, 6) is -1.34. The van der Waals surface area contributed by atoms with Crippen LogP contribution in [0.1, 0.15) is 33.2 Å². The van der Waals surface area contributed by atoms with Crippen molar-refractivity contribution in [2.45, 2.75) is 45.4 Å². The average Bonchev–Trinajstić information content (AvgIpc) is 2.65. The van der Waals surface area contributed by atoms with Crippen molar-refractivity contribution in [1.29, 1.82) is 0 Å². The molecular formula is C21H24ClF2NO6. The molecule has 0 aliphatic carbocycles. The molecule has 1 heterocycles. The Labute approximate surface area is 183 Å². The third-order valence-electron chi connectivity index (χ3n) is 4.26.